The van der Waals surface area contributed by atoms with Crippen molar-refractivity contribution in [3.8, 4) is 0 Å². The van der Waals surface area contributed by atoms with Crippen molar-refractivity contribution in [3.63, 3.8) is 0 Å². The molecule has 3 aliphatic rings. The summed E-state index contributed by atoms with van der Waals surface area (Å²) in [5.74, 6) is 0.723. The van der Waals surface area contributed by atoms with E-state index in [1.54, 1.807) is 0 Å². The SMILES string of the molecule is O=C(Cc1ccccc1)O[C@@H]1C2CC(C3c4ccccc4CC32)[C@@H]1OC(=O)Cc1ccccc1. The molecular weight excluding hydrogens is 424 g/mol. The van der Waals surface area contributed by atoms with Crippen LogP contribution in [0.4, 0.5) is 0 Å². The molecule has 0 saturated heterocycles. The van der Waals surface area contributed by atoms with Gasteiger partial charge in [-0.25, -0.2) is 0 Å². The van der Waals surface area contributed by atoms with E-state index < -0.39 is 6.10 Å². The lowest BCUT2D eigenvalue weighted by molar-refractivity contribution is -0.175. The van der Waals surface area contributed by atoms with E-state index in [2.05, 4.69) is 24.3 Å². The molecule has 4 heteroatoms. The first-order valence-corrected chi connectivity index (χ1v) is 12.2. The van der Waals surface area contributed by atoms with E-state index in [-0.39, 0.29) is 42.7 Å². The molecule has 6 atom stereocenters. The van der Waals surface area contributed by atoms with E-state index >= 15 is 0 Å². The minimum Gasteiger partial charge on any atom is -0.458 e. The average Bonchev–Trinajstić information content (AvgIpc) is 3.50. The van der Waals surface area contributed by atoms with Crippen molar-refractivity contribution in [1.82, 2.24) is 0 Å². The standard InChI is InChI=1S/C30H28O4/c31-26(15-19-9-3-1-4-10-19)33-29-24-18-25(28-22-14-8-7-13-21(22)17-23(24)28)30(29)34-27(32)16-20-11-5-2-6-12-20/h1-14,23-25,28-30H,15-18H2/t23?,24?,25?,28?,29-,30+/m1/s1. The van der Waals surface area contributed by atoms with Crippen LogP contribution in [-0.2, 0) is 38.3 Å². The summed E-state index contributed by atoms with van der Waals surface area (Å²) in [5.41, 5.74) is 4.63. The number of hydrogen-bond donors (Lipinski definition) is 0. The Hall–Kier alpha value is -3.40. The van der Waals surface area contributed by atoms with Crippen LogP contribution in [0.5, 0.6) is 0 Å². The monoisotopic (exact) mass is 452 g/mol. The third-order valence-electron chi connectivity index (χ3n) is 7.97. The molecule has 0 N–H and O–H groups in total. The molecule has 0 heterocycles. The fourth-order valence-electron chi connectivity index (χ4n) is 6.68. The molecule has 6 rings (SSSR count). The largest absolute Gasteiger partial charge is 0.458 e. The van der Waals surface area contributed by atoms with Crippen molar-refractivity contribution in [2.45, 2.75) is 43.8 Å². The van der Waals surface area contributed by atoms with Gasteiger partial charge >= 0.3 is 11.9 Å². The lowest BCUT2D eigenvalue weighted by atomic mass is 9.76. The van der Waals surface area contributed by atoms with Gasteiger partial charge < -0.3 is 9.47 Å². The van der Waals surface area contributed by atoms with Crippen LogP contribution in [0.2, 0.25) is 0 Å². The van der Waals surface area contributed by atoms with Crippen LogP contribution in [0.25, 0.3) is 0 Å². The van der Waals surface area contributed by atoms with Crippen molar-refractivity contribution >= 4 is 11.9 Å². The average molecular weight is 453 g/mol. The van der Waals surface area contributed by atoms with Crippen molar-refractivity contribution in [1.29, 1.82) is 0 Å². The number of esters is 2. The second-order valence-corrected chi connectivity index (χ2v) is 9.89. The Morgan fingerprint density at radius 2 is 1.18 bits per heavy atom. The van der Waals surface area contributed by atoms with E-state index in [0.29, 0.717) is 11.8 Å². The van der Waals surface area contributed by atoms with Gasteiger partial charge in [-0.05, 0) is 46.9 Å². The van der Waals surface area contributed by atoms with Gasteiger partial charge in [0.25, 0.3) is 0 Å². The van der Waals surface area contributed by atoms with Crippen LogP contribution in [0.15, 0.2) is 84.9 Å². The Labute approximate surface area is 199 Å². The predicted molar refractivity (Wildman–Crippen MR) is 128 cm³/mol. The minimum absolute atomic E-state index is 0.188. The van der Waals surface area contributed by atoms with E-state index in [1.807, 2.05) is 60.7 Å². The van der Waals surface area contributed by atoms with Gasteiger partial charge in [0, 0.05) is 11.8 Å². The summed E-state index contributed by atoms with van der Waals surface area (Å²) in [4.78, 5) is 25.9. The molecule has 2 saturated carbocycles. The van der Waals surface area contributed by atoms with Gasteiger partial charge in [-0.15, -0.1) is 0 Å². The van der Waals surface area contributed by atoms with Gasteiger partial charge in [0.05, 0.1) is 12.8 Å². The number of hydrogen-bond acceptors (Lipinski definition) is 4. The van der Waals surface area contributed by atoms with Crippen LogP contribution in [0.1, 0.15) is 34.6 Å². The Morgan fingerprint density at radius 1 is 0.647 bits per heavy atom. The van der Waals surface area contributed by atoms with Crippen molar-refractivity contribution in [3.05, 3.63) is 107 Å². The predicted octanol–water partition coefficient (Wildman–Crippen LogP) is 4.90. The Morgan fingerprint density at radius 3 is 1.79 bits per heavy atom. The first-order valence-electron chi connectivity index (χ1n) is 12.2. The fourth-order valence-corrected chi connectivity index (χ4v) is 6.68. The summed E-state index contributed by atoms with van der Waals surface area (Å²) in [6.07, 6.45) is 1.64. The summed E-state index contributed by atoms with van der Waals surface area (Å²) in [7, 11) is 0. The number of ether oxygens (including phenoxy) is 2. The van der Waals surface area contributed by atoms with Crippen LogP contribution in [0.3, 0.4) is 0 Å². The zero-order valence-electron chi connectivity index (χ0n) is 19.0. The summed E-state index contributed by atoms with van der Waals surface area (Å²) < 4.78 is 12.2. The van der Waals surface area contributed by atoms with Crippen molar-refractivity contribution in [2.24, 2.45) is 17.8 Å². The normalized spacial score (nSPS) is 28.2. The molecule has 0 spiro atoms. The number of fused-ring (bicyclic) bond motifs is 7. The summed E-state index contributed by atoms with van der Waals surface area (Å²) >= 11 is 0. The van der Waals surface area contributed by atoms with Gasteiger partial charge in [0.2, 0.25) is 0 Å². The van der Waals surface area contributed by atoms with Gasteiger partial charge in [0.1, 0.15) is 12.2 Å². The van der Waals surface area contributed by atoms with Crippen molar-refractivity contribution < 1.29 is 19.1 Å². The van der Waals surface area contributed by atoms with Gasteiger partial charge in [-0.3, -0.25) is 9.59 Å². The topological polar surface area (TPSA) is 52.6 Å². The second kappa shape index (κ2) is 8.75. The molecule has 34 heavy (non-hydrogen) atoms. The lowest BCUT2D eigenvalue weighted by Gasteiger charge is -2.37. The number of rotatable bonds is 6. The highest BCUT2D eigenvalue weighted by atomic mass is 16.6. The molecular formula is C30H28O4. The highest BCUT2D eigenvalue weighted by molar-refractivity contribution is 5.74. The van der Waals surface area contributed by atoms with Crippen LogP contribution in [-0.4, -0.2) is 24.1 Å². The zero-order chi connectivity index (χ0) is 23.1. The van der Waals surface area contributed by atoms with Crippen LogP contribution >= 0.6 is 0 Å². The number of benzene rings is 3. The molecule has 4 unspecified atom stereocenters. The second-order valence-electron chi connectivity index (χ2n) is 9.89. The highest BCUT2D eigenvalue weighted by Gasteiger charge is 2.63. The van der Waals surface area contributed by atoms with Gasteiger partial charge in [-0.2, -0.15) is 0 Å². The zero-order valence-corrected chi connectivity index (χ0v) is 19.0. The molecule has 0 amide bonds. The van der Waals surface area contributed by atoms with Crippen molar-refractivity contribution in [2.75, 3.05) is 0 Å². The quantitative estimate of drug-likeness (QED) is 0.499. The first kappa shape index (κ1) is 21.2. The smallest absolute Gasteiger partial charge is 0.310 e. The summed E-state index contributed by atoms with van der Waals surface area (Å²) in [6, 6.07) is 27.9. The van der Waals surface area contributed by atoms with Gasteiger partial charge in [0.15, 0.2) is 0 Å². The molecule has 4 nitrogen and oxygen atoms in total. The van der Waals surface area contributed by atoms with Crippen LogP contribution < -0.4 is 0 Å². The molecule has 3 aliphatic carbocycles. The van der Waals surface area contributed by atoms with E-state index in [0.717, 1.165) is 24.0 Å². The molecule has 3 aromatic carbocycles. The number of carbonyl (C=O) groups excluding carboxylic acids is 2. The molecule has 0 aromatic heterocycles. The molecule has 3 aromatic rings. The molecule has 0 radical (unpaired) electrons. The fraction of sp³-hybridized carbons (Fsp3) is 0.333. The Balaban J connectivity index is 1.23. The maximum atomic E-state index is 12.9. The summed E-state index contributed by atoms with van der Waals surface area (Å²) in [5, 5.41) is 0. The molecule has 2 bridgehead atoms. The molecule has 0 aliphatic heterocycles. The lowest BCUT2D eigenvalue weighted by Crippen LogP contribution is -2.45. The molecule has 172 valence electrons. The van der Waals surface area contributed by atoms with Crippen LogP contribution in [0, 0.1) is 17.8 Å². The third-order valence-corrected chi connectivity index (χ3v) is 7.97. The Kier molecular flexibility index (Phi) is 5.44. The third kappa shape index (κ3) is 3.81. The van der Waals surface area contributed by atoms with E-state index in [9.17, 15) is 9.59 Å². The first-order chi connectivity index (χ1) is 16.7. The summed E-state index contributed by atoms with van der Waals surface area (Å²) in [6.45, 7) is 0. The minimum atomic E-state index is -0.395. The van der Waals surface area contributed by atoms with E-state index in [1.165, 1.54) is 11.1 Å². The Bertz CT molecular complexity index is 1190. The highest BCUT2D eigenvalue weighted by Crippen LogP contribution is 2.62. The number of carbonyl (C=O) groups is 2. The maximum Gasteiger partial charge on any atom is 0.310 e. The molecule has 2 fully saturated rings. The maximum absolute atomic E-state index is 12.9. The van der Waals surface area contributed by atoms with E-state index in [4.69, 9.17) is 9.47 Å². The van der Waals surface area contributed by atoms with Gasteiger partial charge in [-0.1, -0.05) is 84.9 Å².